The van der Waals surface area contributed by atoms with Crippen molar-refractivity contribution < 1.29 is 26.9 Å². The fourth-order valence-electron chi connectivity index (χ4n) is 3.78. The van der Waals surface area contributed by atoms with Crippen molar-refractivity contribution in [3.8, 4) is 0 Å². The van der Waals surface area contributed by atoms with E-state index in [1.54, 1.807) is 0 Å². The summed E-state index contributed by atoms with van der Waals surface area (Å²) in [6, 6.07) is 31.4. The number of aliphatic carboxylic acids is 1. The van der Waals surface area contributed by atoms with Crippen LogP contribution in [-0.2, 0) is 4.79 Å². The number of hydrogen-bond donors (Lipinski definition) is 1. The third kappa shape index (κ3) is 4.71. The van der Waals surface area contributed by atoms with Gasteiger partial charge in [-0.3, -0.25) is 4.79 Å². The van der Waals surface area contributed by atoms with Gasteiger partial charge in [-0.1, -0.05) is 67.9 Å². The molecule has 3 aromatic carbocycles. The molecule has 0 aromatic heterocycles. The maximum atomic E-state index is 12.1. The Kier molecular flexibility index (Phi) is 8.41. The molecule has 1 atom stereocenters. The van der Waals surface area contributed by atoms with Crippen molar-refractivity contribution in [1.82, 2.24) is 0 Å². The van der Waals surface area contributed by atoms with Gasteiger partial charge in [-0.15, -0.1) is 0 Å². The SMILES string of the molecule is CCCC(C[P+](c1ccccc1)(c1ccccc1)c1ccccc1)C(=O)O.[Br-]. The molecule has 146 valence electrons. The largest absolute Gasteiger partial charge is 1.00 e. The number of carboxylic acid groups (broad SMARTS) is 1. The first kappa shape index (κ1) is 22.3. The Morgan fingerprint density at radius 3 is 1.43 bits per heavy atom. The van der Waals surface area contributed by atoms with Crippen LogP contribution in [0.2, 0.25) is 0 Å². The van der Waals surface area contributed by atoms with Crippen molar-refractivity contribution in [3.05, 3.63) is 91.0 Å². The standard InChI is InChI=1S/C24H25O2P.BrH/c1-2-12-20(24(25)26)19-27(21-13-6-3-7-14-21,22-15-8-4-9-16-22)23-17-10-5-11-18-23;/h3-11,13-18,20H,2,12,19H2,1H3;1H. The minimum Gasteiger partial charge on any atom is -1.00 e. The molecule has 1 unspecified atom stereocenters. The first-order chi connectivity index (χ1) is 13.2. The van der Waals surface area contributed by atoms with Crippen LogP contribution in [-0.4, -0.2) is 17.2 Å². The van der Waals surface area contributed by atoms with Crippen molar-refractivity contribution in [2.75, 3.05) is 6.16 Å². The summed E-state index contributed by atoms with van der Waals surface area (Å²) in [5.41, 5.74) is 0. The van der Waals surface area contributed by atoms with Crippen LogP contribution in [0.1, 0.15) is 19.8 Å². The Bertz CT molecular complexity index is 757. The highest BCUT2D eigenvalue weighted by Gasteiger charge is 2.48. The average Bonchev–Trinajstić information content (AvgIpc) is 2.73. The minimum atomic E-state index is -2.07. The van der Waals surface area contributed by atoms with Gasteiger partial charge in [0.25, 0.3) is 0 Å². The van der Waals surface area contributed by atoms with Gasteiger partial charge in [0.1, 0.15) is 23.2 Å². The van der Waals surface area contributed by atoms with Crippen LogP contribution in [0.3, 0.4) is 0 Å². The van der Waals surface area contributed by atoms with E-state index < -0.39 is 13.2 Å². The van der Waals surface area contributed by atoms with Crippen LogP contribution < -0.4 is 32.9 Å². The van der Waals surface area contributed by atoms with Crippen LogP contribution in [0.25, 0.3) is 0 Å². The quantitative estimate of drug-likeness (QED) is 0.521. The molecule has 0 heterocycles. The van der Waals surface area contributed by atoms with Crippen molar-refractivity contribution in [2.24, 2.45) is 5.92 Å². The van der Waals surface area contributed by atoms with Gasteiger partial charge in [0, 0.05) is 0 Å². The predicted octanol–water partition coefficient (Wildman–Crippen LogP) is 1.49. The van der Waals surface area contributed by atoms with Gasteiger partial charge >= 0.3 is 5.97 Å². The molecule has 0 amide bonds. The normalized spacial score (nSPS) is 12.0. The Morgan fingerprint density at radius 1 is 0.786 bits per heavy atom. The highest BCUT2D eigenvalue weighted by molar-refractivity contribution is 7.95. The Labute approximate surface area is 178 Å². The van der Waals surface area contributed by atoms with Gasteiger partial charge in [-0.2, -0.15) is 0 Å². The molecule has 0 spiro atoms. The van der Waals surface area contributed by atoms with E-state index in [4.69, 9.17) is 0 Å². The Morgan fingerprint density at radius 2 is 1.14 bits per heavy atom. The maximum absolute atomic E-state index is 12.1. The zero-order valence-corrected chi connectivity index (χ0v) is 18.5. The van der Waals surface area contributed by atoms with E-state index >= 15 is 0 Å². The fraction of sp³-hybridized carbons (Fsp3) is 0.208. The highest BCUT2D eigenvalue weighted by Crippen LogP contribution is 2.57. The summed E-state index contributed by atoms with van der Waals surface area (Å²) in [5, 5.41) is 13.6. The van der Waals surface area contributed by atoms with Crippen LogP contribution in [0.4, 0.5) is 0 Å². The van der Waals surface area contributed by atoms with Gasteiger partial charge in [-0.05, 0) is 42.8 Å². The second-order valence-electron chi connectivity index (χ2n) is 6.82. The zero-order chi connectivity index (χ0) is 19.1. The molecule has 4 heteroatoms. The summed E-state index contributed by atoms with van der Waals surface area (Å²) >= 11 is 0. The molecule has 0 radical (unpaired) electrons. The number of hydrogen-bond acceptors (Lipinski definition) is 1. The summed E-state index contributed by atoms with van der Waals surface area (Å²) in [4.78, 5) is 12.1. The van der Waals surface area contributed by atoms with Crippen LogP contribution in [0.15, 0.2) is 91.0 Å². The van der Waals surface area contributed by atoms with Gasteiger partial charge in [0.2, 0.25) is 0 Å². The van der Waals surface area contributed by atoms with E-state index in [-0.39, 0.29) is 22.9 Å². The molecule has 1 N–H and O–H groups in total. The van der Waals surface area contributed by atoms with Crippen LogP contribution in [0, 0.1) is 5.92 Å². The lowest BCUT2D eigenvalue weighted by molar-refractivity contribution is -0.141. The molecule has 0 bridgehead atoms. The number of rotatable bonds is 8. The molecule has 2 nitrogen and oxygen atoms in total. The summed E-state index contributed by atoms with van der Waals surface area (Å²) in [6.07, 6.45) is 2.22. The first-order valence-corrected chi connectivity index (χ1v) is 11.4. The summed E-state index contributed by atoms with van der Waals surface area (Å²) in [7, 11) is -2.07. The van der Waals surface area contributed by atoms with Gasteiger partial charge in [-0.25, -0.2) is 0 Å². The lowest BCUT2D eigenvalue weighted by atomic mass is 10.1. The summed E-state index contributed by atoms with van der Waals surface area (Å²) < 4.78 is 0. The molecular weight excluding hydrogens is 431 g/mol. The lowest BCUT2D eigenvalue weighted by Gasteiger charge is -2.29. The molecule has 0 aliphatic rings. The van der Waals surface area contributed by atoms with Crippen LogP contribution in [0.5, 0.6) is 0 Å². The molecule has 28 heavy (non-hydrogen) atoms. The number of halogens is 1. The highest BCUT2D eigenvalue weighted by atomic mass is 79.9. The Balaban J connectivity index is 0.00000280. The molecule has 0 saturated heterocycles. The second-order valence-corrected chi connectivity index (χ2v) is 10.4. The molecular formula is C24H26BrO2P. The third-order valence-corrected chi connectivity index (χ3v) is 9.60. The van der Waals surface area contributed by atoms with Crippen LogP contribution >= 0.6 is 7.26 Å². The smallest absolute Gasteiger partial charge is 0.310 e. The number of benzene rings is 3. The molecule has 3 aromatic rings. The van der Waals surface area contributed by atoms with Crippen molar-refractivity contribution in [3.63, 3.8) is 0 Å². The molecule has 3 rings (SSSR count). The predicted molar refractivity (Wildman–Crippen MR) is 116 cm³/mol. The van der Waals surface area contributed by atoms with E-state index in [1.165, 1.54) is 15.9 Å². The van der Waals surface area contributed by atoms with Crippen molar-refractivity contribution in [2.45, 2.75) is 19.8 Å². The van der Waals surface area contributed by atoms with Crippen molar-refractivity contribution >= 4 is 29.1 Å². The summed E-state index contributed by atoms with van der Waals surface area (Å²) in [5.74, 6) is -1.05. The molecule has 0 fully saturated rings. The lowest BCUT2D eigenvalue weighted by Crippen LogP contribution is -3.00. The monoisotopic (exact) mass is 456 g/mol. The number of carbonyl (C=O) groups is 1. The zero-order valence-electron chi connectivity index (χ0n) is 16.0. The van der Waals surface area contributed by atoms with Gasteiger partial charge in [0.15, 0.2) is 0 Å². The van der Waals surface area contributed by atoms with E-state index in [0.29, 0.717) is 12.6 Å². The Hall–Kier alpha value is -1.96. The first-order valence-electron chi connectivity index (χ1n) is 9.46. The number of carboxylic acids is 1. The van der Waals surface area contributed by atoms with Crippen molar-refractivity contribution in [1.29, 1.82) is 0 Å². The topological polar surface area (TPSA) is 37.3 Å². The molecule has 0 saturated carbocycles. The second kappa shape index (κ2) is 10.5. The summed E-state index contributed by atoms with van der Waals surface area (Å²) in [6.45, 7) is 2.06. The van der Waals surface area contributed by atoms with E-state index in [2.05, 4.69) is 79.7 Å². The van der Waals surface area contributed by atoms with E-state index in [1.807, 2.05) is 18.2 Å². The third-order valence-electron chi connectivity index (χ3n) is 5.07. The fourth-order valence-corrected chi connectivity index (χ4v) is 8.35. The minimum absolute atomic E-state index is 0. The van der Waals surface area contributed by atoms with E-state index in [9.17, 15) is 9.90 Å². The van der Waals surface area contributed by atoms with Gasteiger partial charge < -0.3 is 22.1 Å². The maximum Gasteiger partial charge on any atom is 0.310 e. The molecule has 0 aliphatic heterocycles. The van der Waals surface area contributed by atoms with Gasteiger partial charge in [0.05, 0.1) is 12.1 Å². The van der Waals surface area contributed by atoms with E-state index in [0.717, 1.165) is 6.42 Å². The average molecular weight is 457 g/mol. The molecule has 0 aliphatic carbocycles.